The summed E-state index contributed by atoms with van der Waals surface area (Å²) in [6.45, 7) is 0. The number of carbonyl (C=O) groups excluding carboxylic acids is 2. The molecule has 0 bridgehead atoms. The molecule has 0 aliphatic heterocycles. The molecule has 0 radical (unpaired) electrons. The van der Waals surface area contributed by atoms with Gasteiger partial charge in [-0.15, -0.1) is 0 Å². The predicted octanol–water partition coefficient (Wildman–Crippen LogP) is -1.02. The normalized spacial score (nSPS) is 32.8. The molecule has 0 saturated heterocycles. The van der Waals surface area contributed by atoms with E-state index in [1.165, 1.54) is 12.1 Å². The second kappa shape index (κ2) is 5.97. The Morgan fingerprint density at radius 2 is 2.00 bits per heavy atom. The number of carbonyl (C=O) groups is 2. The summed E-state index contributed by atoms with van der Waals surface area (Å²) in [6, 6.07) is 6.34. The monoisotopic (exact) mass is 408 g/mol. The van der Waals surface area contributed by atoms with E-state index >= 15 is 0 Å². The Morgan fingerprint density at radius 3 is 2.62 bits per heavy atom. The molecule has 0 aromatic heterocycles. The number of ether oxygens (including phenoxy) is 1. The maximum atomic E-state index is 12.0. The van der Waals surface area contributed by atoms with Crippen LogP contribution in [0.1, 0.15) is 6.42 Å². The lowest BCUT2D eigenvalue weighted by Gasteiger charge is -2.36. The van der Waals surface area contributed by atoms with Gasteiger partial charge in [-0.1, -0.05) is 6.07 Å². The molecular weight excluding hydrogens is 395 g/mol. The fraction of sp³-hybridized carbons (Fsp3) is 0.385. The maximum absolute atomic E-state index is 12.0. The van der Waals surface area contributed by atoms with Crippen LogP contribution in [0.2, 0.25) is 0 Å². The van der Waals surface area contributed by atoms with Gasteiger partial charge in [0.2, 0.25) is 11.4 Å². The molecule has 0 spiro atoms. The van der Waals surface area contributed by atoms with Gasteiger partial charge in [0.15, 0.2) is 0 Å². The van der Waals surface area contributed by atoms with Crippen LogP contribution in [-0.4, -0.2) is 56.1 Å². The quantitative estimate of drug-likeness (QED) is 0.214. The highest BCUT2D eigenvalue weighted by atomic mass is 127. The number of esters is 1. The number of ketones is 1. The van der Waals surface area contributed by atoms with Gasteiger partial charge < -0.3 is 25.2 Å². The summed E-state index contributed by atoms with van der Waals surface area (Å²) in [7, 11) is 0. The Kier molecular flexibility index (Phi) is 4.63. The zero-order valence-electron chi connectivity index (χ0n) is 10.6. The van der Waals surface area contributed by atoms with Crippen molar-refractivity contribution in [3.8, 4) is 5.75 Å². The zero-order chi connectivity index (χ0) is 15.8. The average Bonchev–Trinajstić information content (AvgIpc) is 2.43. The van der Waals surface area contributed by atoms with Gasteiger partial charge in [0, 0.05) is 9.99 Å². The van der Waals surface area contributed by atoms with Crippen molar-refractivity contribution in [2.75, 3.05) is 0 Å². The molecule has 1 aromatic rings. The van der Waals surface area contributed by atoms with Crippen LogP contribution in [0.4, 0.5) is 0 Å². The van der Waals surface area contributed by atoms with Crippen molar-refractivity contribution in [1.29, 1.82) is 0 Å². The Hall–Kier alpha value is -1.07. The highest BCUT2D eigenvalue weighted by Gasteiger charge is 2.56. The molecule has 1 aromatic carbocycles. The van der Waals surface area contributed by atoms with Crippen molar-refractivity contribution in [2.24, 2.45) is 0 Å². The van der Waals surface area contributed by atoms with Crippen LogP contribution < -0.4 is 4.74 Å². The third-order valence-corrected chi connectivity index (χ3v) is 3.91. The largest absolute Gasteiger partial charge is 0.424 e. The first-order valence-electron chi connectivity index (χ1n) is 6.04. The van der Waals surface area contributed by atoms with E-state index in [2.05, 4.69) is 0 Å². The number of halogens is 1. The van der Waals surface area contributed by atoms with Crippen molar-refractivity contribution in [2.45, 2.75) is 30.3 Å². The molecule has 7 nitrogen and oxygen atoms in total. The number of benzene rings is 1. The lowest BCUT2D eigenvalue weighted by molar-refractivity contribution is -0.189. The van der Waals surface area contributed by atoms with Crippen molar-refractivity contribution in [3.63, 3.8) is 0 Å². The Morgan fingerprint density at radius 1 is 1.33 bits per heavy atom. The zero-order valence-corrected chi connectivity index (χ0v) is 12.8. The predicted molar refractivity (Wildman–Crippen MR) is 77.4 cm³/mol. The van der Waals surface area contributed by atoms with Crippen LogP contribution in [0.15, 0.2) is 24.3 Å². The van der Waals surface area contributed by atoms with E-state index in [0.29, 0.717) is 0 Å². The van der Waals surface area contributed by atoms with Gasteiger partial charge in [-0.2, -0.15) is 0 Å². The minimum Gasteiger partial charge on any atom is -0.424 e. The minimum absolute atomic E-state index is 0.114. The van der Waals surface area contributed by atoms with Gasteiger partial charge in [-0.25, -0.2) is 4.79 Å². The molecule has 4 atom stereocenters. The van der Waals surface area contributed by atoms with E-state index in [4.69, 9.17) is 4.74 Å². The molecule has 0 amide bonds. The van der Waals surface area contributed by atoms with Gasteiger partial charge in [-0.3, -0.25) is 4.79 Å². The third-order valence-electron chi connectivity index (χ3n) is 3.24. The standard InChI is InChI=1S/C13H13IO7/c14-6-2-1-3-7(4-6)21-12(19)13(20)5-8(15)9(16)10(17)11(13)18/h1-4,8-10,15-17,20H,5H2/t8-,9?,10-,13?/m1/s1. The molecule has 1 fully saturated rings. The molecule has 2 unspecified atom stereocenters. The van der Waals surface area contributed by atoms with E-state index in [0.717, 1.165) is 3.57 Å². The number of hydrogen-bond donors (Lipinski definition) is 4. The minimum atomic E-state index is -2.70. The molecule has 4 N–H and O–H groups in total. The SMILES string of the molecule is O=C(Oc1cccc(I)c1)C1(O)C[C@@H](O)C(O)[C@@H](O)C1=O. The average molecular weight is 408 g/mol. The molecular formula is C13H13IO7. The van der Waals surface area contributed by atoms with Crippen LogP contribution in [-0.2, 0) is 9.59 Å². The van der Waals surface area contributed by atoms with Crippen molar-refractivity contribution >= 4 is 34.3 Å². The van der Waals surface area contributed by atoms with Gasteiger partial charge in [0.25, 0.3) is 0 Å². The molecule has 1 aliphatic rings. The summed E-state index contributed by atoms with van der Waals surface area (Å²) >= 11 is 1.99. The van der Waals surface area contributed by atoms with E-state index in [-0.39, 0.29) is 5.75 Å². The summed E-state index contributed by atoms with van der Waals surface area (Å²) in [4.78, 5) is 23.8. The van der Waals surface area contributed by atoms with E-state index in [9.17, 15) is 30.0 Å². The molecule has 2 rings (SSSR count). The van der Waals surface area contributed by atoms with E-state index in [1.54, 1.807) is 12.1 Å². The number of hydrogen-bond acceptors (Lipinski definition) is 7. The smallest absolute Gasteiger partial charge is 0.351 e. The first kappa shape index (κ1) is 16.3. The summed E-state index contributed by atoms with van der Waals surface area (Å²) < 4.78 is 5.70. The molecule has 21 heavy (non-hydrogen) atoms. The number of aliphatic hydroxyl groups excluding tert-OH is 3. The van der Waals surface area contributed by atoms with Crippen LogP contribution >= 0.6 is 22.6 Å². The Balaban J connectivity index is 2.22. The summed E-state index contributed by atoms with van der Waals surface area (Å²) in [6.07, 6.45) is -6.16. The lowest BCUT2D eigenvalue weighted by atomic mass is 9.78. The molecule has 8 heteroatoms. The topological polar surface area (TPSA) is 124 Å². The summed E-state index contributed by atoms with van der Waals surface area (Å²) in [5.41, 5.74) is -2.70. The van der Waals surface area contributed by atoms with Crippen molar-refractivity contribution < 1.29 is 34.8 Å². The van der Waals surface area contributed by atoms with Gasteiger partial charge in [0.05, 0.1) is 6.10 Å². The van der Waals surface area contributed by atoms with Crippen LogP contribution in [0, 0.1) is 3.57 Å². The number of Topliss-reactive ketones (excluding diaryl/α,β-unsaturated/α-hetero) is 1. The van der Waals surface area contributed by atoms with E-state index in [1.807, 2.05) is 22.6 Å². The third kappa shape index (κ3) is 3.09. The summed E-state index contributed by atoms with van der Waals surface area (Å²) in [5.74, 6) is -2.49. The number of rotatable bonds is 2. The van der Waals surface area contributed by atoms with Crippen molar-refractivity contribution in [1.82, 2.24) is 0 Å². The van der Waals surface area contributed by atoms with Gasteiger partial charge in [-0.05, 0) is 40.8 Å². The Labute approximate surface area is 133 Å². The van der Waals surface area contributed by atoms with E-state index < -0.39 is 42.1 Å². The first-order chi connectivity index (χ1) is 9.75. The lowest BCUT2D eigenvalue weighted by Crippen LogP contribution is -2.64. The van der Waals surface area contributed by atoms with Crippen molar-refractivity contribution in [3.05, 3.63) is 27.8 Å². The highest BCUT2D eigenvalue weighted by molar-refractivity contribution is 14.1. The first-order valence-corrected chi connectivity index (χ1v) is 7.12. The molecule has 1 saturated carbocycles. The summed E-state index contributed by atoms with van der Waals surface area (Å²) in [5, 5.41) is 38.5. The van der Waals surface area contributed by atoms with Crippen LogP contribution in [0.25, 0.3) is 0 Å². The molecule has 114 valence electrons. The van der Waals surface area contributed by atoms with Crippen LogP contribution in [0.5, 0.6) is 5.75 Å². The van der Waals surface area contributed by atoms with Gasteiger partial charge >= 0.3 is 5.97 Å². The fourth-order valence-electron chi connectivity index (χ4n) is 2.04. The second-order valence-corrected chi connectivity index (χ2v) is 6.02. The maximum Gasteiger partial charge on any atom is 0.351 e. The fourth-order valence-corrected chi connectivity index (χ4v) is 2.55. The van der Waals surface area contributed by atoms with Gasteiger partial charge in [0.1, 0.15) is 18.0 Å². The number of aliphatic hydroxyl groups is 4. The second-order valence-electron chi connectivity index (χ2n) is 4.78. The Bertz CT molecular complexity index is 575. The molecule has 1 aliphatic carbocycles. The van der Waals surface area contributed by atoms with Crippen LogP contribution in [0.3, 0.4) is 0 Å². The highest BCUT2D eigenvalue weighted by Crippen LogP contribution is 2.28. The molecule has 0 heterocycles.